The predicted molar refractivity (Wildman–Crippen MR) is 133 cm³/mol. The molecule has 170 valence electrons. The lowest BCUT2D eigenvalue weighted by Gasteiger charge is -2.36. The van der Waals surface area contributed by atoms with Gasteiger partial charge in [-0.25, -0.2) is 0 Å². The minimum atomic E-state index is 0. The molecule has 0 saturated carbocycles. The van der Waals surface area contributed by atoms with Gasteiger partial charge in [-0.05, 0) is 45.2 Å². The minimum Gasteiger partial charge on any atom is -0.357 e. The van der Waals surface area contributed by atoms with Gasteiger partial charge in [-0.2, -0.15) is 5.10 Å². The van der Waals surface area contributed by atoms with Gasteiger partial charge in [0.25, 0.3) is 0 Å². The molecule has 3 heterocycles. The molecule has 8 nitrogen and oxygen atoms in total. The highest BCUT2D eigenvalue weighted by molar-refractivity contribution is 14.0. The van der Waals surface area contributed by atoms with Crippen molar-refractivity contribution in [3.63, 3.8) is 0 Å². The number of aliphatic imine (C=N–C) groups is 1. The van der Waals surface area contributed by atoms with Gasteiger partial charge in [0.1, 0.15) is 6.54 Å². The van der Waals surface area contributed by atoms with Crippen LogP contribution in [-0.4, -0.2) is 83.3 Å². The molecule has 0 radical (unpaired) electrons. The monoisotopic (exact) mass is 531 g/mol. The molecule has 1 unspecified atom stereocenters. The van der Waals surface area contributed by atoms with Gasteiger partial charge in [-0.1, -0.05) is 13.8 Å². The number of piperazine rings is 1. The summed E-state index contributed by atoms with van der Waals surface area (Å²) >= 11 is 0. The van der Waals surface area contributed by atoms with Gasteiger partial charge in [-0.15, -0.1) is 24.0 Å². The molecule has 1 N–H and O–H groups in total. The molecule has 1 aromatic rings. The number of likely N-dealkylation sites (tertiary alicyclic amines) is 1. The summed E-state index contributed by atoms with van der Waals surface area (Å²) in [5, 5.41) is 7.59. The van der Waals surface area contributed by atoms with Gasteiger partial charge in [0.2, 0.25) is 5.91 Å². The van der Waals surface area contributed by atoms with Crippen LogP contribution in [0.4, 0.5) is 5.69 Å². The topological polar surface area (TPSA) is 69.0 Å². The maximum absolute atomic E-state index is 12.8. The van der Waals surface area contributed by atoms with Crippen molar-refractivity contribution in [1.82, 2.24) is 24.9 Å². The third-order valence-corrected chi connectivity index (χ3v) is 5.71. The van der Waals surface area contributed by atoms with Crippen LogP contribution in [0.2, 0.25) is 0 Å². The summed E-state index contributed by atoms with van der Waals surface area (Å²) in [7, 11) is 1.87. The van der Waals surface area contributed by atoms with Gasteiger partial charge in [0, 0.05) is 38.9 Å². The third kappa shape index (κ3) is 6.57. The average Bonchev–Trinajstić information content (AvgIpc) is 3.35. The van der Waals surface area contributed by atoms with E-state index in [4.69, 9.17) is 4.99 Å². The Balaban J connectivity index is 0.00000320. The highest BCUT2D eigenvalue weighted by Crippen LogP contribution is 2.19. The molecule has 0 bridgehead atoms. The molecule has 0 spiro atoms. The Hall–Kier alpha value is -1.36. The van der Waals surface area contributed by atoms with Gasteiger partial charge in [-0.3, -0.25) is 19.4 Å². The molecule has 2 aliphatic rings. The SMILES string of the molecule is CCNC(=NCC(CC(C)C)N1CCCC1)N1CCN(c2cnn(C)c2)C(=O)C1.I. The number of nitrogens with one attached hydrogen (secondary N) is 1. The Morgan fingerprint density at radius 3 is 2.53 bits per heavy atom. The number of carbonyl (C=O) groups excluding carboxylic acids is 1. The molecule has 2 aliphatic heterocycles. The van der Waals surface area contributed by atoms with Crippen LogP contribution in [0.25, 0.3) is 0 Å². The van der Waals surface area contributed by atoms with E-state index in [1.54, 1.807) is 10.9 Å². The number of aryl methyl sites for hydroxylation is 1. The summed E-state index contributed by atoms with van der Waals surface area (Å²) < 4.78 is 1.73. The number of carbonyl (C=O) groups is 1. The molecule has 3 rings (SSSR count). The van der Waals surface area contributed by atoms with E-state index in [0.717, 1.165) is 37.7 Å². The van der Waals surface area contributed by atoms with Gasteiger partial charge < -0.3 is 15.1 Å². The molecule has 1 aromatic heterocycles. The molecule has 9 heteroatoms. The van der Waals surface area contributed by atoms with Crippen molar-refractivity contribution in [1.29, 1.82) is 0 Å². The Morgan fingerprint density at radius 1 is 1.23 bits per heavy atom. The number of guanidine groups is 1. The molecule has 1 atom stereocenters. The fourth-order valence-electron chi connectivity index (χ4n) is 4.28. The van der Waals surface area contributed by atoms with Gasteiger partial charge in [0.15, 0.2) is 5.96 Å². The number of aromatic nitrogens is 2. The summed E-state index contributed by atoms with van der Waals surface area (Å²) in [6.45, 7) is 12.4. The van der Waals surface area contributed by atoms with Crippen molar-refractivity contribution in [2.24, 2.45) is 18.0 Å². The predicted octanol–water partition coefficient (Wildman–Crippen LogP) is 2.16. The van der Waals surface area contributed by atoms with Crippen molar-refractivity contribution >= 4 is 41.5 Å². The first kappa shape index (κ1) is 24.9. The third-order valence-electron chi connectivity index (χ3n) is 5.71. The van der Waals surface area contributed by atoms with E-state index >= 15 is 0 Å². The van der Waals surface area contributed by atoms with Crippen LogP contribution in [0.3, 0.4) is 0 Å². The normalized spacial score (nSPS) is 19.4. The number of amides is 1. The standard InChI is InChI=1S/C21H37N7O.HI/c1-5-22-21(23-13-18(12-17(2)3)26-8-6-7-9-26)27-10-11-28(20(29)16-27)19-14-24-25(4)15-19;/h14-15,17-18H,5-13,16H2,1-4H3,(H,22,23);1H. The second kappa shape index (κ2) is 11.9. The number of anilines is 1. The first-order chi connectivity index (χ1) is 14.0. The lowest BCUT2D eigenvalue weighted by Crippen LogP contribution is -2.55. The fourth-order valence-corrected chi connectivity index (χ4v) is 4.28. The van der Waals surface area contributed by atoms with Gasteiger partial charge >= 0.3 is 0 Å². The molecule has 0 aromatic carbocycles. The van der Waals surface area contributed by atoms with E-state index in [9.17, 15) is 4.79 Å². The van der Waals surface area contributed by atoms with E-state index in [1.807, 2.05) is 18.1 Å². The quantitative estimate of drug-likeness (QED) is 0.332. The highest BCUT2D eigenvalue weighted by atomic mass is 127. The summed E-state index contributed by atoms with van der Waals surface area (Å²) in [6.07, 6.45) is 7.39. The Bertz CT molecular complexity index is 699. The van der Waals surface area contributed by atoms with E-state index in [-0.39, 0.29) is 29.9 Å². The molecule has 30 heavy (non-hydrogen) atoms. The first-order valence-corrected chi connectivity index (χ1v) is 11.0. The molecule has 2 fully saturated rings. The van der Waals surface area contributed by atoms with Crippen LogP contribution in [-0.2, 0) is 11.8 Å². The van der Waals surface area contributed by atoms with Crippen molar-refractivity contribution in [2.45, 2.75) is 46.1 Å². The van der Waals surface area contributed by atoms with Crippen molar-refractivity contribution in [3.05, 3.63) is 12.4 Å². The van der Waals surface area contributed by atoms with Crippen molar-refractivity contribution in [3.8, 4) is 0 Å². The van der Waals surface area contributed by atoms with E-state index in [0.29, 0.717) is 25.0 Å². The van der Waals surface area contributed by atoms with Crippen molar-refractivity contribution in [2.75, 3.05) is 50.7 Å². The second-order valence-electron chi connectivity index (χ2n) is 8.56. The number of nitrogens with zero attached hydrogens (tertiary/aromatic N) is 6. The smallest absolute Gasteiger partial charge is 0.246 e. The zero-order valence-electron chi connectivity index (χ0n) is 18.9. The summed E-state index contributed by atoms with van der Waals surface area (Å²) in [5.41, 5.74) is 0.866. The Morgan fingerprint density at radius 2 is 1.97 bits per heavy atom. The van der Waals surface area contributed by atoms with E-state index < -0.39 is 0 Å². The fraction of sp³-hybridized carbons (Fsp3) is 0.762. The van der Waals surface area contributed by atoms with Crippen LogP contribution in [0.1, 0.15) is 40.0 Å². The van der Waals surface area contributed by atoms with E-state index in [1.165, 1.54) is 25.9 Å². The zero-order valence-corrected chi connectivity index (χ0v) is 21.2. The van der Waals surface area contributed by atoms with Crippen LogP contribution < -0.4 is 10.2 Å². The average molecular weight is 531 g/mol. The molecule has 1 amide bonds. The van der Waals surface area contributed by atoms with Crippen LogP contribution in [0.5, 0.6) is 0 Å². The first-order valence-electron chi connectivity index (χ1n) is 11.0. The van der Waals surface area contributed by atoms with Gasteiger partial charge in [0.05, 0.1) is 18.4 Å². The maximum Gasteiger partial charge on any atom is 0.246 e. The minimum absolute atomic E-state index is 0. The second-order valence-corrected chi connectivity index (χ2v) is 8.56. The number of hydrogen-bond acceptors (Lipinski definition) is 4. The van der Waals surface area contributed by atoms with Crippen molar-refractivity contribution < 1.29 is 4.79 Å². The molecule has 0 aliphatic carbocycles. The van der Waals surface area contributed by atoms with Crippen LogP contribution in [0.15, 0.2) is 17.4 Å². The number of rotatable bonds is 7. The van der Waals surface area contributed by atoms with E-state index in [2.05, 4.69) is 41.0 Å². The summed E-state index contributed by atoms with van der Waals surface area (Å²) in [6, 6.07) is 0.485. The molecular weight excluding hydrogens is 493 g/mol. The molecule has 2 saturated heterocycles. The Labute approximate surface area is 198 Å². The summed E-state index contributed by atoms with van der Waals surface area (Å²) in [5.74, 6) is 1.61. The lowest BCUT2D eigenvalue weighted by atomic mass is 10.0. The Kier molecular flexibility index (Phi) is 9.86. The molecular formula is C21H38IN7O. The largest absolute Gasteiger partial charge is 0.357 e. The zero-order chi connectivity index (χ0) is 20.8. The number of halogens is 1. The summed E-state index contributed by atoms with van der Waals surface area (Å²) in [4.78, 5) is 24.3. The lowest BCUT2D eigenvalue weighted by molar-refractivity contribution is -0.120. The van der Waals surface area contributed by atoms with Crippen LogP contribution in [0, 0.1) is 5.92 Å². The van der Waals surface area contributed by atoms with Crippen LogP contribution >= 0.6 is 24.0 Å². The maximum atomic E-state index is 12.8. The number of hydrogen-bond donors (Lipinski definition) is 1. The highest BCUT2D eigenvalue weighted by Gasteiger charge is 2.28.